The number of carbonyl (C=O) groups is 1. The first-order valence-corrected chi connectivity index (χ1v) is 10.8. The summed E-state index contributed by atoms with van der Waals surface area (Å²) >= 11 is 1.48. The molecule has 1 fully saturated rings. The molecule has 1 N–H and O–H groups in total. The SMILES string of the molecule is O=C(Cc1csc(-c2ccccn2)n1)NC[C@@H](c1ccc(F)cc1)N1CCOCC1. The van der Waals surface area contributed by atoms with Gasteiger partial charge in [-0.15, -0.1) is 11.3 Å². The monoisotopic (exact) mass is 426 g/mol. The lowest BCUT2D eigenvalue weighted by atomic mass is 10.0. The van der Waals surface area contributed by atoms with Gasteiger partial charge in [0.25, 0.3) is 0 Å². The molecule has 1 amide bonds. The largest absolute Gasteiger partial charge is 0.379 e. The highest BCUT2D eigenvalue weighted by Gasteiger charge is 2.23. The number of nitrogens with one attached hydrogen (secondary N) is 1. The summed E-state index contributed by atoms with van der Waals surface area (Å²) in [5, 5.41) is 5.72. The average Bonchev–Trinajstić information content (AvgIpc) is 3.25. The van der Waals surface area contributed by atoms with Gasteiger partial charge in [0.15, 0.2) is 0 Å². The van der Waals surface area contributed by atoms with E-state index in [1.165, 1.54) is 23.5 Å². The molecule has 4 rings (SSSR count). The van der Waals surface area contributed by atoms with Crippen molar-refractivity contribution in [2.75, 3.05) is 32.8 Å². The molecule has 1 saturated heterocycles. The molecule has 3 heterocycles. The number of nitrogens with zero attached hydrogens (tertiary/aromatic N) is 3. The van der Waals surface area contributed by atoms with Crippen LogP contribution in [-0.4, -0.2) is 53.6 Å². The van der Waals surface area contributed by atoms with E-state index in [0.717, 1.165) is 35.0 Å². The van der Waals surface area contributed by atoms with Crippen molar-refractivity contribution in [2.45, 2.75) is 12.5 Å². The Morgan fingerprint density at radius 3 is 2.73 bits per heavy atom. The van der Waals surface area contributed by atoms with E-state index in [2.05, 4.69) is 20.2 Å². The summed E-state index contributed by atoms with van der Waals surface area (Å²) < 4.78 is 18.8. The third-order valence-electron chi connectivity index (χ3n) is 5.01. The number of benzene rings is 1. The van der Waals surface area contributed by atoms with Crippen LogP contribution in [0.15, 0.2) is 54.0 Å². The number of carbonyl (C=O) groups excluding carboxylic acids is 1. The van der Waals surface area contributed by atoms with Crippen LogP contribution in [0.4, 0.5) is 4.39 Å². The molecule has 1 aromatic carbocycles. The summed E-state index contributed by atoms with van der Waals surface area (Å²) in [5.41, 5.74) is 2.51. The topological polar surface area (TPSA) is 67.4 Å². The highest BCUT2D eigenvalue weighted by atomic mass is 32.1. The summed E-state index contributed by atoms with van der Waals surface area (Å²) in [6, 6.07) is 12.1. The second-order valence-electron chi connectivity index (χ2n) is 7.06. The van der Waals surface area contributed by atoms with Gasteiger partial charge >= 0.3 is 0 Å². The summed E-state index contributed by atoms with van der Waals surface area (Å²) in [5.74, 6) is -0.357. The van der Waals surface area contributed by atoms with Crippen LogP contribution in [0, 0.1) is 5.82 Å². The van der Waals surface area contributed by atoms with E-state index in [0.29, 0.717) is 19.8 Å². The number of thiazole rings is 1. The number of ether oxygens (including phenoxy) is 1. The van der Waals surface area contributed by atoms with Crippen LogP contribution >= 0.6 is 11.3 Å². The predicted molar refractivity (Wildman–Crippen MR) is 114 cm³/mol. The van der Waals surface area contributed by atoms with Crippen molar-refractivity contribution < 1.29 is 13.9 Å². The van der Waals surface area contributed by atoms with Crippen molar-refractivity contribution in [3.8, 4) is 10.7 Å². The lowest BCUT2D eigenvalue weighted by Gasteiger charge is -2.35. The first-order valence-electron chi connectivity index (χ1n) is 9.89. The Morgan fingerprint density at radius 2 is 2.00 bits per heavy atom. The Kier molecular flexibility index (Phi) is 6.78. The summed E-state index contributed by atoms with van der Waals surface area (Å²) in [6.45, 7) is 3.30. The van der Waals surface area contributed by atoms with Crippen molar-refractivity contribution in [3.05, 3.63) is 71.1 Å². The molecule has 0 radical (unpaired) electrons. The molecule has 1 atom stereocenters. The van der Waals surface area contributed by atoms with E-state index in [-0.39, 0.29) is 24.2 Å². The highest BCUT2D eigenvalue weighted by Crippen LogP contribution is 2.23. The normalized spacial score (nSPS) is 15.6. The lowest BCUT2D eigenvalue weighted by molar-refractivity contribution is -0.120. The van der Waals surface area contributed by atoms with Gasteiger partial charge in [-0.2, -0.15) is 0 Å². The first-order chi connectivity index (χ1) is 14.7. The molecule has 2 aromatic heterocycles. The average molecular weight is 427 g/mol. The van der Waals surface area contributed by atoms with Gasteiger partial charge in [0.1, 0.15) is 10.8 Å². The number of aromatic nitrogens is 2. The van der Waals surface area contributed by atoms with Crippen molar-refractivity contribution in [1.82, 2.24) is 20.2 Å². The van der Waals surface area contributed by atoms with Crippen LogP contribution in [0.25, 0.3) is 10.7 Å². The standard InChI is InChI=1S/C22H23FN4O2S/c23-17-6-4-16(5-7-17)20(27-9-11-29-12-10-27)14-25-21(28)13-18-15-30-22(26-18)19-3-1-2-8-24-19/h1-8,15,20H,9-14H2,(H,25,28)/t20-/m0/s1. The summed E-state index contributed by atoms with van der Waals surface area (Å²) in [7, 11) is 0. The smallest absolute Gasteiger partial charge is 0.226 e. The quantitative estimate of drug-likeness (QED) is 0.629. The molecule has 0 saturated carbocycles. The number of morpholine rings is 1. The van der Waals surface area contributed by atoms with E-state index in [9.17, 15) is 9.18 Å². The van der Waals surface area contributed by atoms with Crippen LogP contribution in [-0.2, 0) is 16.0 Å². The van der Waals surface area contributed by atoms with Gasteiger partial charge in [-0.1, -0.05) is 18.2 Å². The molecule has 0 spiro atoms. The second-order valence-corrected chi connectivity index (χ2v) is 7.91. The van der Waals surface area contributed by atoms with Crippen LogP contribution in [0.3, 0.4) is 0 Å². The zero-order chi connectivity index (χ0) is 20.8. The van der Waals surface area contributed by atoms with Gasteiger partial charge in [0.2, 0.25) is 5.91 Å². The van der Waals surface area contributed by atoms with E-state index < -0.39 is 0 Å². The maximum absolute atomic E-state index is 13.4. The molecule has 1 aliphatic heterocycles. The molecular formula is C22H23FN4O2S. The Labute approximate surface area is 178 Å². The van der Waals surface area contributed by atoms with Gasteiger partial charge in [-0.05, 0) is 29.8 Å². The number of halogens is 1. The molecule has 6 nitrogen and oxygen atoms in total. The van der Waals surface area contributed by atoms with Crippen molar-refractivity contribution in [1.29, 1.82) is 0 Å². The van der Waals surface area contributed by atoms with Gasteiger partial charge in [-0.25, -0.2) is 9.37 Å². The van der Waals surface area contributed by atoms with Gasteiger partial charge in [0.05, 0.1) is 37.1 Å². The fourth-order valence-corrected chi connectivity index (χ4v) is 4.26. The van der Waals surface area contributed by atoms with Gasteiger partial charge < -0.3 is 10.1 Å². The van der Waals surface area contributed by atoms with Crippen molar-refractivity contribution in [3.63, 3.8) is 0 Å². The maximum atomic E-state index is 13.4. The number of rotatable bonds is 7. The van der Waals surface area contributed by atoms with E-state index >= 15 is 0 Å². The van der Waals surface area contributed by atoms with Crippen molar-refractivity contribution >= 4 is 17.2 Å². The summed E-state index contributed by atoms with van der Waals surface area (Å²) in [4.78, 5) is 23.7. The third-order valence-corrected chi connectivity index (χ3v) is 5.92. The van der Waals surface area contributed by atoms with E-state index in [1.54, 1.807) is 18.3 Å². The summed E-state index contributed by atoms with van der Waals surface area (Å²) in [6.07, 6.45) is 1.94. The molecule has 0 unspecified atom stereocenters. The van der Waals surface area contributed by atoms with Crippen LogP contribution in [0.2, 0.25) is 0 Å². The third kappa shape index (κ3) is 5.27. The predicted octanol–water partition coefficient (Wildman–Crippen LogP) is 3.08. The second kappa shape index (κ2) is 9.88. The number of amides is 1. The zero-order valence-corrected chi connectivity index (χ0v) is 17.3. The maximum Gasteiger partial charge on any atom is 0.226 e. The number of hydrogen-bond acceptors (Lipinski definition) is 6. The van der Waals surface area contributed by atoms with Crippen LogP contribution < -0.4 is 5.32 Å². The Bertz CT molecular complexity index is 959. The fraction of sp³-hybridized carbons (Fsp3) is 0.318. The Balaban J connectivity index is 1.39. The van der Waals surface area contributed by atoms with Gasteiger partial charge in [-0.3, -0.25) is 14.7 Å². The number of hydrogen-bond donors (Lipinski definition) is 1. The number of pyridine rings is 1. The molecule has 0 bridgehead atoms. The zero-order valence-electron chi connectivity index (χ0n) is 16.5. The van der Waals surface area contributed by atoms with E-state index in [1.807, 2.05) is 23.6 Å². The minimum Gasteiger partial charge on any atom is -0.379 e. The Morgan fingerprint density at radius 1 is 1.20 bits per heavy atom. The minimum absolute atomic E-state index is 0.0297. The van der Waals surface area contributed by atoms with Gasteiger partial charge in [0, 0.05) is 31.2 Å². The van der Waals surface area contributed by atoms with Crippen LogP contribution in [0.5, 0.6) is 0 Å². The first kappa shape index (κ1) is 20.6. The molecular weight excluding hydrogens is 403 g/mol. The fourth-order valence-electron chi connectivity index (χ4n) is 3.46. The lowest BCUT2D eigenvalue weighted by Crippen LogP contribution is -2.44. The highest BCUT2D eigenvalue weighted by molar-refractivity contribution is 7.13. The molecule has 156 valence electrons. The van der Waals surface area contributed by atoms with Crippen LogP contribution in [0.1, 0.15) is 17.3 Å². The minimum atomic E-state index is -0.268. The molecule has 1 aliphatic rings. The molecule has 3 aromatic rings. The molecule has 30 heavy (non-hydrogen) atoms. The van der Waals surface area contributed by atoms with E-state index in [4.69, 9.17) is 4.74 Å². The molecule has 0 aliphatic carbocycles. The molecule has 8 heteroatoms. The Hall–Kier alpha value is -2.68. The van der Waals surface area contributed by atoms with Crippen molar-refractivity contribution in [2.24, 2.45) is 0 Å².